The largest absolute Gasteiger partial charge is 0.508 e. The molecular formula is C15H15BrN2O2. The fourth-order valence-corrected chi connectivity index (χ4v) is 2.06. The lowest BCUT2D eigenvalue weighted by Gasteiger charge is -2.11. The number of rotatable bonds is 2. The van der Waals surface area contributed by atoms with Gasteiger partial charge in [0.25, 0.3) is 5.91 Å². The van der Waals surface area contributed by atoms with Crippen LogP contribution in [0.25, 0.3) is 0 Å². The first-order chi connectivity index (χ1) is 9.38. The molecule has 0 aromatic heterocycles. The summed E-state index contributed by atoms with van der Waals surface area (Å²) in [5, 5.41) is 12.4. The summed E-state index contributed by atoms with van der Waals surface area (Å²) in [6.07, 6.45) is 0. The number of benzene rings is 2. The third-order valence-corrected chi connectivity index (χ3v) is 3.77. The number of amides is 1. The molecule has 0 saturated heterocycles. The van der Waals surface area contributed by atoms with Crippen LogP contribution in [0, 0.1) is 13.8 Å². The number of aromatic hydroxyl groups is 1. The van der Waals surface area contributed by atoms with Gasteiger partial charge in [-0.25, -0.2) is 0 Å². The molecule has 2 aromatic rings. The molecule has 1 amide bonds. The minimum Gasteiger partial charge on any atom is -0.508 e. The number of hydrogen-bond donors (Lipinski definition) is 3. The quantitative estimate of drug-likeness (QED) is 0.580. The van der Waals surface area contributed by atoms with Gasteiger partial charge >= 0.3 is 0 Å². The van der Waals surface area contributed by atoms with Gasteiger partial charge < -0.3 is 16.2 Å². The minimum atomic E-state index is -0.239. The molecule has 2 aromatic carbocycles. The molecule has 104 valence electrons. The Labute approximate surface area is 125 Å². The molecule has 0 fully saturated rings. The maximum absolute atomic E-state index is 12.2. The van der Waals surface area contributed by atoms with Crippen LogP contribution >= 0.6 is 15.9 Å². The molecule has 5 heteroatoms. The average molecular weight is 335 g/mol. The topological polar surface area (TPSA) is 75.4 Å². The van der Waals surface area contributed by atoms with Crippen molar-refractivity contribution >= 4 is 33.2 Å². The van der Waals surface area contributed by atoms with E-state index in [2.05, 4.69) is 21.2 Å². The van der Waals surface area contributed by atoms with Gasteiger partial charge in [-0.1, -0.05) is 0 Å². The van der Waals surface area contributed by atoms with Crippen molar-refractivity contribution in [2.24, 2.45) is 0 Å². The molecule has 0 spiro atoms. The first-order valence-corrected chi connectivity index (χ1v) is 6.84. The zero-order valence-corrected chi connectivity index (χ0v) is 12.8. The molecule has 0 unspecified atom stereocenters. The molecule has 0 radical (unpaired) electrons. The molecule has 0 aliphatic carbocycles. The highest BCUT2D eigenvalue weighted by molar-refractivity contribution is 9.10. The summed E-state index contributed by atoms with van der Waals surface area (Å²) in [6, 6.07) is 8.41. The first kappa shape index (κ1) is 14.4. The van der Waals surface area contributed by atoms with Crippen LogP contribution < -0.4 is 11.1 Å². The van der Waals surface area contributed by atoms with Crippen molar-refractivity contribution in [3.63, 3.8) is 0 Å². The van der Waals surface area contributed by atoms with Crippen molar-refractivity contribution in [3.8, 4) is 5.75 Å². The zero-order chi connectivity index (χ0) is 14.9. The number of phenolic OH excluding ortho intramolecular Hbond substituents is 1. The van der Waals surface area contributed by atoms with E-state index in [9.17, 15) is 9.90 Å². The number of nitrogens with one attached hydrogen (secondary N) is 1. The smallest absolute Gasteiger partial charge is 0.255 e. The van der Waals surface area contributed by atoms with Gasteiger partial charge in [-0.15, -0.1) is 0 Å². The molecule has 4 N–H and O–H groups in total. The van der Waals surface area contributed by atoms with E-state index >= 15 is 0 Å². The fraction of sp³-hybridized carbons (Fsp3) is 0.133. The fourth-order valence-electron chi connectivity index (χ4n) is 1.82. The van der Waals surface area contributed by atoms with Crippen LogP contribution in [0.1, 0.15) is 21.5 Å². The van der Waals surface area contributed by atoms with Gasteiger partial charge in [-0.2, -0.15) is 0 Å². The van der Waals surface area contributed by atoms with Gasteiger partial charge in [-0.05, 0) is 71.2 Å². The molecule has 20 heavy (non-hydrogen) atoms. The van der Waals surface area contributed by atoms with Crippen molar-refractivity contribution in [1.82, 2.24) is 0 Å². The van der Waals surface area contributed by atoms with Gasteiger partial charge in [0.2, 0.25) is 0 Å². The van der Waals surface area contributed by atoms with Gasteiger partial charge in [-0.3, -0.25) is 4.79 Å². The van der Waals surface area contributed by atoms with E-state index < -0.39 is 0 Å². The molecule has 0 atom stereocenters. The summed E-state index contributed by atoms with van der Waals surface area (Å²) in [5.41, 5.74) is 8.94. The van der Waals surface area contributed by atoms with E-state index in [0.717, 1.165) is 10.0 Å². The van der Waals surface area contributed by atoms with Crippen LogP contribution in [-0.2, 0) is 0 Å². The van der Waals surface area contributed by atoms with Crippen LogP contribution in [0.15, 0.2) is 34.8 Å². The van der Waals surface area contributed by atoms with Crippen molar-refractivity contribution in [1.29, 1.82) is 0 Å². The number of carbonyl (C=O) groups is 1. The van der Waals surface area contributed by atoms with Crippen LogP contribution in [0.3, 0.4) is 0 Å². The monoisotopic (exact) mass is 334 g/mol. The third kappa shape index (κ3) is 2.93. The Kier molecular flexibility index (Phi) is 3.99. The normalized spacial score (nSPS) is 10.3. The van der Waals surface area contributed by atoms with Crippen LogP contribution in [0.2, 0.25) is 0 Å². The highest BCUT2D eigenvalue weighted by Crippen LogP contribution is 2.26. The highest BCUT2D eigenvalue weighted by atomic mass is 79.9. The predicted octanol–water partition coefficient (Wildman–Crippen LogP) is 3.61. The van der Waals surface area contributed by atoms with E-state index in [1.54, 1.807) is 37.3 Å². The van der Waals surface area contributed by atoms with Crippen molar-refractivity contribution < 1.29 is 9.90 Å². The molecule has 0 aliphatic rings. The van der Waals surface area contributed by atoms with Gasteiger partial charge in [0.1, 0.15) is 5.75 Å². The summed E-state index contributed by atoms with van der Waals surface area (Å²) in [4.78, 5) is 12.2. The van der Waals surface area contributed by atoms with E-state index in [-0.39, 0.29) is 11.7 Å². The second-order valence-corrected chi connectivity index (χ2v) is 5.50. The van der Waals surface area contributed by atoms with Gasteiger partial charge in [0, 0.05) is 21.4 Å². The Hall–Kier alpha value is -2.01. The highest BCUT2D eigenvalue weighted by Gasteiger charge is 2.10. The number of aryl methyl sites for hydroxylation is 2. The number of carbonyl (C=O) groups excluding carboxylic acids is 1. The molecule has 0 saturated carbocycles. The minimum absolute atomic E-state index is 0.216. The number of halogens is 1. The summed E-state index contributed by atoms with van der Waals surface area (Å²) >= 11 is 3.29. The first-order valence-electron chi connectivity index (χ1n) is 6.05. The standard InChI is InChI=1S/C15H15BrN2O2/c1-8-6-14(19)9(2)5-13(8)18-15(20)10-3-4-11(16)12(17)7-10/h3-7,19H,17H2,1-2H3,(H,18,20). The zero-order valence-electron chi connectivity index (χ0n) is 11.2. The van der Waals surface area contributed by atoms with Crippen molar-refractivity contribution in [2.75, 3.05) is 11.1 Å². The van der Waals surface area contributed by atoms with Gasteiger partial charge in [0.15, 0.2) is 0 Å². The SMILES string of the molecule is Cc1cc(NC(=O)c2ccc(Br)c(N)c2)c(C)cc1O. The Morgan fingerprint density at radius 1 is 1.20 bits per heavy atom. The number of nitrogens with two attached hydrogens (primary N) is 1. The molecule has 0 aliphatic heterocycles. The van der Waals surface area contributed by atoms with Crippen molar-refractivity contribution in [3.05, 3.63) is 51.5 Å². The summed E-state index contributed by atoms with van der Waals surface area (Å²) in [7, 11) is 0. The van der Waals surface area contributed by atoms with E-state index in [4.69, 9.17) is 5.73 Å². The Balaban J connectivity index is 2.27. The second-order valence-electron chi connectivity index (χ2n) is 4.64. The van der Waals surface area contributed by atoms with Gasteiger partial charge in [0.05, 0.1) is 0 Å². The third-order valence-electron chi connectivity index (χ3n) is 3.05. The second kappa shape index (κ2) is 5.54. The maximum atomic E-state index is 12.2. The molecule has 0 heterocycles. The summed E-state index contributed by atoms with van der Waals surface area (Å²) in [6.45, 7) is 3.60. The van der Waals surface area contributed by atoms with E-state index in [0.29, 0.717) is 22.5 Å². The van der Waals surface area contributed by atoms with Crippen LogP contribution in [0.5, 0.6) is 5.75 Å². The number of nitrogen functional groups attached to an aromatic ring is 1. The Bertz CT molecular complexity index is 684. The number of anilines is 2. The van der Waals surface area contributed by atoms with E-state index in [1.807, 2.05) is 6.92 Å². The average Bonchev–Trinajstić information content (AvgIpc) is 2.39. The van der Waals surface area contributed by atoms with E-state index in [1.165, 1.54) is 0 Å². The lowest BCUT2D eigenvalue weighted by atomic mass is 10.1. The maximum Gasteiger partial charge on any atom is 0.255 e. The molecule has 2 rings (SSSR count). The lowest BCUT2D eigenvalue weighted by molar-refractivity contribution is 0.102. The lowest BCUT2D eigenvalue weighted by Crippen LogP contribution is -2.13. The molecule has 4 nitrogen and oxygen atoms in total. The summed E-state index contributed by atoms with van der Waals surface area (Å²) in [5.74, 6) is -0.0224. The molecule has 0 bridgehead atoms. The van der Waals surface area contributed by atoms with Crippen LogP contribution in [0.4, 0.5) is 11.4 Å². The predicted molar refractivity (Wildman–Crippen MR) is 84.1 cm³/mol. The van der Waals surface area contributed by atoms with Crippen LogP contribution in [-0.4, -0.2) is 11.0 Å². The van der Waals surface area contributed by atoms with Crippen molar-refractivity contribution in [2.45, 2.75) is 13.8 Å². The molecular weight excluding hydrogens is 320 g/mol. The number of phenols is 1. The Morgan fingerprint density at radius 2 is 1.90 bits per heavy atom. The number of hydrogen-bond acceptors (Lipinski definition) is 3. The summed E-state index contributed by atoms with van der Waals surface area (Å²) < 4.78 is 0.755. The Morgan fingerprint density at radius 3 is 2.55 bits per heavy atom.